The Hall–Kier alpha value is -2.39. The second-order valence-corrected chi connectivity index (χ2v) is 8.26. The molecule has 1 aromatic heterocycles. The maximum atomic E-state index is 13.3. The molecule has 0 bridgehead atoms. The van der Waals surface area contributed by atoms with Crippen LogP contribution >= 0.6 is 11.3 Å². The quantitative estimate of drug-likeness (QED) is 0.509. The molecule has 0 N–H and O–H groups in total. The second kappa shape index (κ2) is 8.53. The number of carbonyl (C=O) groups excluding carboxylic acids is 1. The van der Waals surface area contributed by atoms with Gasteiger partial charge in [-0.2, -0.15) is 0 Å². The summed E-state index contributed by atoms with van der Waals surface area (Å²) in [5.74, 6) is 0.398. The van der Waals surface area contributed by atoms with E-state index in [-0.39, 0.29) is 11.8 Å². The first-order valence-corrected chi connectivity index (χ1v) is 10.6. The molecule has 3 heteroatoms. The monoisotopic (exact) mass is 375 g/mol. The van der Waals surface area contributed by atoms with Gasteiger partial charge in [0.05, 0.1) is 0 Å². The summed E-state index contributed by atoms with van der Waals surface area (Å²) in [7, 11) is 0. The zero-order valence-corrected chi connectivity index (χ0v) is 16.3. The van der Waals surface area contributed by atoms with Crippen LogP contribution in [0.4, 0.5) is 0 Å². The van der Waals surface area contributed by atoms with E-state index in [4.69, 9.17) is 0 Å². The molecule has 0 saturated heterocycles. The molecule has 0 unspecified atom stereocenters. The van der Waals surface area contributed by atoms with Gasteiger partial charge in [-0.05, 0) is 41.8 Å². The van der Waals surface area contributed by atoms with Gasteiger partial charge in [-0.15, -0.1) is 11.3 Å². The van der Waals surface area contributed by atoms with Gasteiger partial charge < -0.3 is 4.90 Å². The van der Waals surface area contributed by atoms with Crippen molar-refractivity contribution < 1.29 is 4.79 Å². The lowest BCUT2D eigenvalue weighted by molar-refractivity contribution is -0.132. The van der Waals surface area contributed by atoms with Crippen molar-refractivity contribution >= 4 is 17.2 Å². The van der Waals surface area contributed by atoms with Crippen LogP contribution in [0, 0.1) is 0 Å². The highest BCUT2D eigenvalue weighted by molar-refractivity contribution is 7.09. The summed E-state index contributed by atoms with van der Waals surface area (Å²) >= 11 is 1.78. The first-order valence-electron chi connectivity index (χ1n) is 9.73. The minimum Gasteiger partial charge on any atom is -0.339 e. The smallest absolute Gasteiger partial charge is 0.223 e. The number of nitrogens with zero attached hydrogens (tertiary/aromatic N) is 1. The van der Waals surface area contributed by atoms with E-state index in [1.54, 1.807) is 11.3 Å². The molecule has 4 rings (SSSR count). The standard InChI is InChI=1S/C24H25NOS/c26-24(25(21-13-14-21)16-15-22-12-7-17-27-22)18-23(19-8-3-1-4-9-19)20-10-5-2-6-11-20/h1-12,17,21,23H,13-16,18H2. The number of hydrogen-bond donors (Lipinski definition) is 0. The van der Waals surface area contributed by atoms with Crippen molar-refractivity contribution in [2.24, 2.45) is 0 Å². The first kappa shape index (κ1) is 18.0. The summed E-state index contributed by atoms with van der Waals surface area (Å²) in [5.41, 5.74) is 2.43. The molecule has 0 spiro atoms. The first-order chi connectivity index (χ1) is 13.3. The van der Waals surface area contributed by atoms with Crippen LogP contribution in [0.3, 0.4) is 0 Å². The molecule has 138 valence electrons. The number of thiophene rings is 1. The van der Waals surface area contributed by atoms with Crippen LogP contribution in [0.5, 0.6) is 0 Å². The Morgan fingerprint density at radius 1 is 0.926 bits per heavy atom. The van der Waals surface area contributed by atoms with E-state index in [1.165, 1.54) is 16.0 Å². The van der Waals surface area contributed by atoms with Crippen molar-refractivity contribution in [1.29, 1.82) is 0 Å². The molecule has 3 aromatic rings. The average molecular weight is 376 g/mol. The van der Waals surface area contributed by atoms with Gasteiger partial charge >= 0.3 is 0 Å². The third-order valence-electron chi connectivity index (χ3n) is 5.27. The van der Waals surface area contributed by atoms with Gasteiger partial charge in [-0.3, -0.25) is 4.79 Å². The molecule has 1 fully saturated rings. The van der Waals surface area contributed by atoms with Crippen molar-refractivity contribution in [3.63, 3.8) is 0 Å². The third-order valence-corrected chi connectivity index (χ3v) is 6.21. The molecule has 27 heavy (non-hydrogen) atoms. The molecule has 1 aliphatic rings. The Morgan fingerprint density at radius 3 is 2.07 bits per heavy atom. The highest BCUT2D eigenvalue weighted by Crippen LogP contribution is 2.32. The van der Waals surface area contributed by atoms with Crippen LogP contribution in [0.1, 0.15) is 41.2 Å². The second-order valence-electron chi connectivity index (χ2n) is 7.23. The van der Waals surface area contributed by atoms with Crippen LogP contribution in [-0.4, -0.2) is 23.4 Å². The molecule has 2 nitrogen and oxygen atoms in total. The molecule has 1 amide bonds. The normalized spacial score (nSPS) is 13.7. The van der Waals surface area contributed by atoms with Gasteiger partial charge in [0.2, 0.25) is 5.91 Å². The molecule has 1 aliphatic carbocycles. The Labute approximate surface area is 165 Å². The summed E-state index contributed by atoms with van der Waals surface area (Å²) in [6, 6.07) is 25.6. The molecular weight excluding hydrogens is 350 g/mol. The van der Waals surface area contributed by atoms with Crippen LogP contribution in [-0.2, 0) is 11.2 Å². The van der Waals surface area contributed by atoms with Crippen LogP contribution in [0.15, 0.2) is 78.2 Å². The van der Waals surface area contributed by atoms with E-state index in [2.05, 4.69) is 70.9 Å². The maximum Gasteiger partial charge on any atom is 0.223 e. The van der Waals surface area contributed by atoms with Gasteiger partial charge in [0, 0.05) is 29.8 Å². The fraction of sp³-hybridized carbons (Fsp3) is 0.292. The van der Waals surface area contributed by atoms with Crippen molar-refractivity contribution in [3.8, 4) is 0 Å². The van der Waals surface area contributed by atoms with Gasteiger partial charge in [0.25, 0.3) is 0 Å². The van der Waals surface area contributed by atoms with E-state index in [0.717, 1.165) is 25.8 Å². The highest BCUT2D eigenvalue weighted by atomic mass is 32.1. The lowest BCUT2D eigenvalue weighted by Crippen LogP contribution is -2.35. The summed E-state index contributed by atoms with van der Waals surface area (Å²) in [5, 5.41) is 2.11. The Balaban J connectivity index is 1.51. The zero-order chi connectivity index (χ0) is 18.5. The predicted molar refractivity (Wildman–Crippen MR) is 112 cm³/mol. The Bertz CT molecular complexity index is 801. The van der Waals surface area contributed by atoms with Crippen molar-refractivity contribution in [2.45, 2.75) is 37.6 Å². The van der Waals surface area contributed by atoms with Gasteiger partial charge in [-0.25, -0.2) is 0 Å². The van der Waals surface area contributed by atoms with Crippen LogP contribution < -0.4 is 0 Å². The van der Waals surface area contributed by atoms with E-state index in [9.17, 15) is 4.79 Å². The van der Waals surface area contributed by atoms with Crippen LogP contribution in [0.2, 0.25) is 0 Å². The van der Waals surface area contributed by atoms with E-state index in [1.807, 2.05) is 12.1 Å². The molecule has 2 aromatic carbocycles. The highest BCUT2D eigenvalue weighted by Gasteiger charge is 2.33. The topological polar surface area (TPSA) is 20.3 Å². The molecule has 0 aliphatic heterocycles. The fourth-order valence-electron chi connectivity index (χ4n) is 3.67. The largest absolute Gasteiger partial charge is 0.339 e. The number of rotatable bonds is 8. The third kappa shape index (κ3) is 4.67. The Morgan fingerprint density at radius 2 is 1.56 bits per heavy atom. The minimum absolute atomic E-state index is 0.114. The van der Waals surface area contributed by atoms with E-state index >= 15 is 0 Å². The summed E-state index contributed by atoms with van der Waals surface area (Å²) in [6.45, 7) is 0.834. The number of benzene rings is 2. The zero-order valence-electron chi connectivity index (χ0n) is 15.5. The summed E-state index contributed by atoms with van der Waals surface area (Å²) in [6.07, 6.45) is 3.80. The molecule has 1 saturated carbocycles. The number of carbonyl (C=O) groups is 1. The average Bonchev–Trinajstić information content (AvgIpc) is 3.42. The van der Waals surface area contributed by atoms with Gasteiger partial charge in [-0.1, -0.05) is 66.7 Å². The van der Waals surface area contributed by atoms with Crippen molar-refractivity contribution in [2.75, 3.05) is 6.54 Å². The predicted octanol–water partition coefficient (Wildman–Crippen LogP) is 5.50. The molecule has 0 atom stereocenters. The lowest BCUT2D eigenvalue weighted by Gasteiger charge is -2.26. The summed E-state index contributed by atoms with van der Waals surface area (Å²) < 4.78 is 0. The Kier molecular flexibility index (Phi) is 5.69. The van der Waals surface area contributed by atoms with Crippen LogP contribution in [0.25, 0.3) is 0 Å². The van der Waals surface area contributed by atoms with E-state index < -0.39 is 0 Å². The summed E-state index contributed by atoms with van der Waals surface area (Å²) in [4.78, 5) is 16.8. The molecule has 0 radical (unpaired) electrons. The number of amides is 1. The number of hydrogen-bond acceptors (Lipinski definition) is 2. The van der Waals surface area contributed by atoms with Gasteiger partial charge in [0.15, 0.2) is 0 Å². The SMILES string of the molecule is O=C(CC(c1ccccc1)c1ccccc1)N(CCc1cccs1)C1CC1. The van der Waals surface area contributed by atoms with Crippen molar-refractivity contribution in [1.82, 2.24) is 4.90 Å². The minimum atomic E-state index is 0.114. The van der Waals surface area contributed by atoms with Gasteiger partial charge in [0.1, 0.15) is 0 Å². The lowest BCUT2D eigenvalue weighted by atomic mass is 9.88. The fourth-order valence-corrected chi connectivity index (χ4v) is 4.37. The van der Waals surface area contributed by atoms with E-state index in [0.29, 0.717) is 12.5 Å². The molecule has 1 heterocycles. The maximum absolute atomic E-state index is 13.3. The molecular formula is C24H25NOS. The van der Waals surface area contributed by atoms with Crippen molar-refractivity contribution in [3.05, 3.63) is 94.2 Å².